The molecular weight excluding hydrogens is 298 g/mol. The van der Waals surface area contributed by atoms with Crippen molar-refractivity contribution >= 4 is 17.8 Å². The summed E-state index contributed by atoms with van der Waals surface area (Å²) in [4.78, 5) is 37.2. The lowest BCUT2D eigenvalue weighted by Gasteiger charge is -2.33. The van der Waals surface area contributed by atoms with E-state index >= 15 is 0 Å². The molecule has 0 atom stereocenters. The van der Waals surface area contributed by atoms with Crippen LogP contribution in [0.3, 0.4) is 0 Å². The molecule has 0 radical (unpaired) electrons. The van der Waals surface area contributed by atoms with Crippen molar-refractivity contribution in [1.29, 1.82) is 0 Å². The average molecular weight is 329 g/mol. The lowest BCUT2D eigenvalue weighted by molar-refractivity contribution is -0.171. The molecule has 134 valence electrons. The van der Waals surface area contributed by atoms with E-state index < -0.39 is 34.7 Å². The highest BCUT2D eigenvalue weighted by atomic mass is 16.6. The van der Waals surface area contributed by atoms with Crippen LogP contribution in [0.5, 0.6) is 0 Å². The minimum atomic E-state index is -1.29. The van der Waals surface area contributed by atoms with Gasteiger partial charge in [0.2, 0.25) is 5.91 Å². The van der Waals surface area contributed by atoms with Crippen LogP contribution < -0.4 is 5.32 Å². The molecule has 1 amide bonds. The van der Waals surface area contributed by atoms with Crippen LogP contribution in [0.15, 0.2) is 0 Å². The van der Waals surface area contributed by atoms with Crippen molar-refractivity contribution in [3.8, 4) is 0 Å². The standard InChI is InChI=1S/C17H31NO5/c1-8-10-22-13(19)12(14(20)23-11-9-2)17(6,7)15(21)18-16(3,4)5/h12H,8-11H2,1-7H3,(H,18,21). The molecule has 0 fully saturated rings. The van der Waals surface area contributed by atoms with E-state index in [9.17, 15) is 14.4 Å². The first kappa shape index (κ1) is 21.4. The first-order valence-corrected chi connectivity index (χ1v) is 8.13. The number of rotatable bonds is 8. The highest BCUT2D eigenvalue weighted by Gasteiger charge is 2.48. The summed E-state index contributed by atoms with van der Waals surface area (Å²) in [6, 6.07) is 0. The molecular formula is C17H31NO5. The van der Waals surface area contributed by atoms with Gasteiger partial charge in [0.05, 0.1) is 18.6 Å². The Morgan fingerprint density at radius 3 is 1.57 bits per heavy atom. The van der Waals surface area contributed by atoms with E-state index in [4.69, 9.17) is 9.47 Å². The van der Waals surface area contributed by atoms with Gasteiger partial charge in [-0.15, -0.1) is 0 Å². The Balaban J connectivity index is 5.40. The minimum Gasteiger partial charge on any atom is -0.465 e. The zero-order valence-corrected chi connectivity index (χ0v) is 15.4. The van der Waals surface area contributed by atoms with Crippen LogP contribution in [0, 0.1) is 11.3 Å². The van der Waals surface area contributed by atoms with Gasteiger partial charge in [0.1, 0.15) is 0 Å². The van der Waals surface area contributed by atoms with Crippen molar-refractivity contribution in [3.63, 3.8) is 0 Å². The third-order valence-corrected chi connectivity index (χ3v) is 3.16. The van der Waals surface area contributed by atoms with Gasteiger partial charge >= 0.3 is 11.9 Å². The summed E-state index contributed by atoms with van der Waals surface area (Å²) in [7, 11) is 0. The normalized spacial score (nSPS) is 12.0. The fourth-order valence-corrected chi connectivity index (χ4v) is 1.89. The van der Waals surface area contributed by atoms with E-state index in [1.165, 1.54) is 0 Å². The Bertz CT molecular complexity index is 403. The number of hydrogen-bond donors (Lipinski definition) is 1. The van der Waals surface area contributed by atoms with Gasteiger partial charge in [-0.3, -0.25) is 14.4 Å². The molecule has 0 rings (SSSR count). The fraction of sp³-hybridized carbons (Fsp3) is 0.824. The topological polar surface area (TPSA) is 81.7 Å². The molecule has 0 aliphatic carbocycles. The van der Waals surface area contributed by atoms with Crippen molar-refractivity contribution in [3.05, 3.63) is 0 Å². The highest BCUT2D eigenvalue weighted by Crippen LogP contribution is 2.30. The van der Waals surface area contributed by atoms with E-state index in [-0.39, 0.29) is 13.2 Å². The number of ether oxygens (including phenoxy) is 2. The molecule has 1 N–H and O–H groups in total. The third kappa shape index (κ3) is 7.01. The maximum Gasteiger partial charge on any atom is 0.321 e. The molecule has 0 aliphatic rings. The number of hydrogen-bond acceptors (Lipinski definition) is 5. The molecule has 0 aromatic rings. The van der Waals surface area contributed by atoms with Gasteiger partial charge in [-0.1, -0.05) is 13.8 Å². The monoisotopic (exact) mass is 329 g/mol. The lowest BCUT2D eigenvalue weighted by atomic mass is 9.77. The summed E-state index contributed by atoms with van der Waals surface area (Å²) in [5.41, 5.74) is -1.75. The van der Waals surface area contributed by atoms with Gasteiger partial charge < -0.3 is 14.8 Å². The summed E-state index contributed by atoms with van der Waals surface area (Å²) in [5, 5.41) is 2.81. The molecule has 0 saturated heterocycles. The van der Waals surface area contributed by atoms with Crippen LogP contribution in [-0.4, -0.2) is 36.6 Å². The van der Waals surface area contributed by atoms with Crippen LogP contribution in [0.25, 0.3) is 0 Å². The largest absolute Gasteiger partial charge is 0.465 e. The van der Waals surface area contributed by atoms with Gasteiger partial charge in [0, 0.05) is 5.54 Å². The number of amides is 1. The highest BCUT2D eigenvalue weighted by molar-refractivity contribution is 6.01. The van der Waals surface area contributed by atoms with Crippen molar-refractivity contribution in [2.24, 2.45) is 11.3 Å². The van der Waals surface area contributed by atoms with Crippen molar-refractivity contribution in [1.82, 2.24) is 5.32 Å². The Hall–Kier alpha value is -1.59. The molecule has 0 spiro atoms. The Labute approximate surface area is 139 Å². The summed E-state index contributed by atoms with van der Waals surface area (Å²) < 4.78 is 10.2. The zero-order chi connectivity index (χ0) is 18.3. The van der Waals surface area contributed by atoms with Gasteiger partial charge in [-0.2, -0.15) is 0 Å². The van der Waals surface area contributed by atoms with Crippen LogP contribution in [0.2, 0.25) is 0 Å². The first-order chi connectivity index (χ1) is 10.5. The predicted octanol–water partition coefficient (Wildman–Crippen LogP) is 2.45. The zero-order valence-electron chi connectivity index (χ0n) is 15.4. The van der Waals surface area contributed by atoms with Crippen LogP contribution >= 0.6 is 0 Å². The van der Waals surface area contributed by atoms with E-state index in [0.717, 1.165) is 0 Å². The molecule has 0 aliphatic heterocycles. The SMILES string of the molecule is CCCOC(=O)C(C(=O)OCCC)C(C)(C)C(=O)NC(C)(C)C. The number of nitrogens with one attached hydrogen (secondary N) is 1. The Morgan fingerprint density at radius 2 is 1.26 bits per heavy atom. The van der Waals surface area contributed by atoms with Crippen LogP contribution in [0.1, 0.15) is 61.3 Å². The summed E-state index contributed by atoms with van der Waals surface area (Å²) >= 11 is 0. The smallest absolute Gasteiger partial charge is 0.321 e. The van der Waals surface area contributed by atoms with E-state index in [1.807, 2.05) is 34.6 Å². The van der Waals surface area contributed by atoms with Gasteiger partial charge in [-0.25, -0.2) is 0 Å². The van der Waals surface area contributed by atoms with Crippen molar-refractivity contribution in [2.45, 2.75) is 66.8 Å². The van der Waals surface area contributed by atoms with E-state index in [2.05, 4.69) is 5.32 Å². The molecule has 0 heterocycles. The second-order valence-electron chi connectivity index (χ2n) is 7.19. The quantitative estimate of drug-likeness (QED) is 0.546. The summed E-state index contributed by atoms with van der Waals surface area (Å²) in [5.74, 6) is -3.12. The van der Waals surface area contributed by atoms with Crippen molar-refractivity contribution in [2.75, 3.05) is 13.2 Å². The first-order valence-electron chi connectivity index (χ1n) is 8.13. The predicted molar refractivity (Wildman–Crippen MR) is 87.7 cm³/mol. The number of esters is 2. The second kappa shape index (κ2) is 8.89. The number of carbonyl (C=O) groups excluding carboxylic acids is 3. The van der Waals surface area contributed by atoms with E-state index in [0.29, 0.717) is 12.8 Å². The molecule has 23 heavy (non-hydrogen) atoms. The molecule has 6 heteroatoms. The fourth-order valence-electron chi connectivity index (χ4n) is 1.89. The van der Waals surface area contributed by atoms with Crippen molar-refractivity contribution < 1.29 is 23.9 Å². The minimum absolute atomic E-state index is 0.202. The van der Waals surface area contributed by atoms with Crippen LogP contribution in [0.4, 0.5) is 0 Å². The van der Waals surface area contributed by atoms with E-state index in [1.54, 1.807) is 13.8 Å². The van der Waals surface area contributed by atoms with Gasteiger partial charge in [0.15, 0.2) is 5.92 Å². The molecule has 0 saturated carbocycles. The molecule has 6 nitrogen and oxygen atoms in total. The Kier molecular flexibility index (Phi) is 8.28. The third-order valence-electron chi connectivity index (χ3n) is 3.16. The summed E-state index contributed by atoms with van der Waals surface area (Å²) in [6.45, 7) is 12.7. The maximum absolute atomic E-state index is 12.6. The molecule has 0 unspecified atom stereocenters. The number of carbonyl (C=O) groups is 3. The molecule has 0 aromatic carbocycles. The van der Waals surface area contributed by atoms with Gasteiger partial charge in [-0.05, 0) is 47.5 Å². The molecule has 0 bridgehead atoms. The lowest BCUT2D eigenvalue weighted by Crippen LogP contribution is -2.53. The summed E-state index contributed by atoms with van der Waals surface area (Å²) in [6.07, 6.45) is 1.27. The van der Waals surface area contributed by atoms with Crippen LogP contribution in [-0.2, 0) is 23.9 Å². The van der Waals surface area contributed by atoms with Gasteiger partial charge in [0.25, 0.3) is 0 Å². The molecule has 0 aromatic heterocycles. The maximum atomic E-state index is 12.6. The second-order valence-corrected chi connectivity index (χ2v) is 7.19. The average Bonchev–Trinajstić information content (AvgIpc) is 2.40. The Morgan fingerprint density at radius 1 is 0.870 bits per heavy atom.